The minimum absolute atomic E-state index is 0.470. The van der Waals surface area contributed by atoms with Gasteiger partial charge in [0, 0.05) is 33.4 Å². The maximum Gasteiger partial charge on any atom is 0.528 e. The summed E-state index contributed by atoms with van der Waals surface area (Å²) in [6.07, 6.45) is 0.775. The molecule has 0 unspecified atom stereocenters. The lowest BCUT2D eigenvalue weighted by atomic mass is 10.5. The molecule has 0 saturated carbocycles. The first-order chi connectivity index (χ1) is 6.18. The number of nitrogens with one attached hydrogen (secondary N) is 1. The van der Waals surface area contributed by atoms with Crippen LogP contribution in [0.3, 0.4) is 0 Å². The molecule has 13 heavy (non-hydrogen) atoms. The second-order valence-corrected chi connectivity index (χ2v) is 5.42. The number of hydrogen-bond acceptors (Lipinski definition) is 4. The van der Waals surface area contributed by atoms with E-state index in [1.54, 1.807) is 0 Å². The molecule has 1 radical (unpaired) electrons. The minimum Gasteiger partial charge on any atom is -0.376 e. The fraction of sp³-hybridized carbons (Fsp3) is 1.00. The Morgan fingerprint density at radius 3 is 2.38 bits per heavy atom. The number of rotatable bonds is 8. The lowest BCUT2D eigenvalue weighted by Gasteiger charge is -2.17. The molecular formula is C7H19N2O3Si. The Morgan fingerprint density at radius 1 is 1.31 bits per heavy atom. The zero-order chi connectivity index (χ0) is 10.2. The smallest absolute Gasteiger partial charge is 0.376 e. The van der Waals surface area contributed by atoms with E-state index in [2.05, 4.69) is 5.32 Å². The molecule has 0 spiro atoms. The highest BCUT2D eigenvalue weighted by Gasteiger charge is 2.35. The molecule has 6 heteroatoms. The predicted octanol–water partition coefficient (Wildman–Crippen LogP) is -0.413. The van der Waals surface area contributed by atoms with E-state index in [-0.39, 0.29) is 0 Å². The first kappa shape index (κ1) is 13.0. The molecule has 0 aliphatic heterocycles. The van der Waals surface area contributed by atoms with Gasteiger partial charge in [-0.1, -0.05) is 0 Å². The van der Waals surface area contributed by atoms with Gasteiger partial charge in [0.15, 0.2) is 0 Å². The normalized spacial score (nSPS) is 12.0. The summed E-state index contributed by atoms with van der Waals surface area (Å²) >= 11 is 0. The summed E-state index contributed by atoms with van der Waals surface area (Å²) in [6, 6.07) is 0.470. The molecule has 79 valence electrons. The second-order valence-electron chi connectivity index (χ2n) is 2.73. The molecule has 0 aromatic heterocycles. The average Bonchev–Trinajstić information content (AvgIpc) is 2.17. The van der Waals surface area contributed by atoms with Crippen molar-refractivity contribution in [2.75, 3.05) is 33.9 Å². The summed E-state index contributed by atoms with van der Waals surface area (Å²) in [6.45, 7) is 2.20. The van der Waals surface area contributed by atoms with Gasteiger partial charge in [0.05, 0.1) is 0 Å². The van der Waals surface area contributed by atoms with Gasteiger partial charge in [-0.05, 0) is 13.0 Å². The lowest BCUT2D eigenvalue weighted by molar-refractivity contribution is 0.118. The van der Waals surface area contributed by atoms with Gasteiger partial charge in [0.25, 0.3) is 0 Å². The van der Waals surface area contributed by atoms with Crippen molar-refractivity contribution in [3.05, 3.63) is 0 Å². The van der Waals surface area contributed by atoms with Crippen molar-refractivity contribution in [2.24, 2.45) is 5.73 Å². The molecule has 0 bridgehead atoms. The zero-order valence-electron chi connectivity index (χ0n) is 8.34. The molecule has 0 saturated heterocycles. The Labute approximate surface area is 80.6 Å². The third-order valence-corrected chi connectivity index (χ3v) is 3.99. The van der Waals surface area contributed by atoms with Crippen molar-refractivity contribution < 1.29 is 13.6 Å². The van der Waals surface area contributed by atoms with E-state index < -0.39 is 8.80 Å². The Kier molecular flexibility index (Phi) is 7.43. The van der Waals surface area contributed by atoms with Crippen LogP contribution in [0.2, 0.25) is 6.04 Å². The van der Waals surface area contributed by atoms with E-state index in [1.165, 1.54) is 14.2 Å². The number of nitrogens with two attached hydrogens (primary N) is 1. The minimum atomic E-state index is -3.08. The van der Waals surface area contributed by atoms with Crippen LogP contribution in [0, 0.1) is 0 Å². The highest BCUT2D eigenvalue weighted by Crippen LogP contribution is 2.10. The molecule has 0 aliphatic rings. The van der Waals surface area contributed by atoms with E-state index in [0.29, 0.717) is 12.6 Å². The van der Waals surface area contributed by atoms with E-state index in [1.807, 2.05) is 0 Å². The van der Waals surface area contributed by atoms with Gasteiger partial charge in [0.1, 0.15) is 0 Å². The lowest BCUT2D eigenvalue weighted by Crippen LogP contribution is -2.39. The van der Waals surface area contributed by atoms with Crippen LogP contribution >= 0.6 is 0 Å². The standard InChI is InChI=1S/C7H19N2O3Si/c1-11-13(10,12-2)7-3-5-9-6-4-8/h9H,3-8H2,1-2H3. The monoisotopic (exact) mass is 207 g/mol. The van der Waals surface area contributed by atoms with Crippen molar-refractivity contribution in [3.8, 4) is 0 Å². The molecule has 0 rings (SSSR count). The van der Waals surface area contributed by atoms with E-state index in [9.17, 15) is 4.80 Å². The molecule has 0 aliphatic carbocycles. The van der Waals surface area contributed by atoms with Gasteiger partial charge in [-0.15, -0.1) is 0 Å². The van der Waals surface area contributed by atoms with Gasteiger partial charge in [-0.25, -0.2) is 4.80 Å². The van der Waals surface area contributed by atoms with Crippen LogP contribution in [0.1, 0.15) is 6.42 Å². The van der Waals surface area contributed by atoms with Gasteiger partial charge < -0.3 is 19.9 Å². The van der Waals surface area contributed by atoms with E-state index >= 15 is 0 Å². The Balaban J connectivity index is 3.39. The Morgan fingerprint density at radius 2 is 1.92 bits per heavy atom. The molecule has 3 N–H and O–H groups in total. The van der Waals surface area contributed by atoms with Crippen LogP contribution < -0.4 is 11.1 Å². The fourth-order valence-electron chi connectivity index (χ4n) is 0.944. The largest absolute Gasteiger partial charge is 0.528 e. The van der Waals surface area contributed by atoms with E-state index in [4.69, 9.17) is 14.6 Å². The van der Waals surface area contributed by atoms with Crippen LogP contribution in [0.15, 0.2) is 0 Å². The molecule has 0 amide bonds. The molecule has 5 nitrogen and oxygen atoms in total. The van der Waals surface area contributed by atoms with Gasteiger partial charge in [-0.2, -0.15) is 0 Å². The predicted molar refractivity (Wildman–Crippen MR) is 51.8 cm³/mol. The zero-order valence-corrected chi connectivity index (χ0v) is 9.34. The molecule has 0 heterocycles. The van der Waals surface area contributed by atoms with Crippen molar-refractivity contribution in [1.82, 2.24) is 5.32 Å². The SMILES string of the molecule is CO[Si]([O])(CCCNCCN)OC. The highest BCUT2D eigenvalue weighted by atomic mass is 28.4. The molecule has 0 atom stereocenters. The van der Waals surface area contributed by atoms with Crippen LogP contribution in [0.5, 0.6) is 0 Å². The van der Waals surface area contributed by atoms with Crippen LogP contribution in [0.4, 0.5) is 0 Å². The highest BCUT2D eigenvalue weighted by molar-refractivity contribution is 6.58. The summed E-state index contributed by atoms with van der Waals surface area (Å²) < 4.78 is 9.60. The Hall–Kier alpha value is 0.0169. The fourth-order valence-corrected chi connectivity index (χ4v) is 2.13. The quantitative estimate of drug-likeness (QED) is 0.419. The summed E-state index contributed by atoms with van der Waals surface area (Å²) in [5.74, 6) is 0. The van der Waals surface area contributed by atoms with Crippen molar-refractivity contribution in [3.63, 3.8) is 0 Å². The summed E-state index contributed by atoms with van der Waals surface area (Å²) in [5.41, 5.74) is 5.28. The number of hydrogen-bond donors (Lipinski definition) is 2. The maximum absolute atomic E-state index is 11.5. The topological polar surface area (TPSA) is 76.4 Å². The molecule has 0 aromatic carbocycles. The first-order valence-electron chi connectivity index (χ1n) is 4.40. The van der Waals surface area contributed by atoms with Gasteiger partial charge in [0.2, 0.25) is 0 Å². The van der Waals surface area contributed by atoms with Crippen LogP contribution in [-0.4, -0.2) is 42.7 Å². The van der Waals surface area contributed by atoms with Crippen LogP contribution in [-0.2, 0) is 13.6 Å². The second kappa shape index (κ2) is 7.42. The third-order valence-electron chi connectivity index (χ3n) is 1.78. The summed E-state index contributed by atoms with van der Waals surface area (Å²) in [4.78, 5) is 11.5. The van der Waals surface area contributed by atoms with Crippen LogP contribution in [0.25, 0.3) is 0 Å². The van der Waals surface area contributed by atoms with Crippen molar-refractivity contribution >= 4 is 8.80 Å². The molecule has 0 fully saturated rings. The molecule has 0 aromatic rings. The maximum atomic E-state index is 11.5. The summed E-state index contributed by atoms with van der Waals surface area (Å²) in [7, 11) is -0.253. The van der Waals surface area contributed by atoms with Gasteiger partial charge >= 0.3 is 8.80 Å². The van der Waals surface area contributed by atoms with Crippen molar-refractivity contribution in [1.29, 1.82) is 0 Å². The van der Waals surface area contributed by atoms with Gasteiger partial charge in [-0.3, -0.25) is 0 Å². The molecular weight excluding hydrogens is 188 g/mol. The first-order valence-corrected chi connectivity index (χ1v) is 6.33. The average molecular weight is 207 g/mol. The summed E-state index contributed by atoms with van der Waals surface area (Å²) in [5, 5.41) is 3.10. The third kappa shape index (κ3) is 6.14. The van der Waals surface area contributed by atoms with E-state index in [0.717, 1.165) is 19.5 Å². The Bertz CT molecular complexity index is 122. The van der Waals surface area contributed by atoms with Crippen molar-refractivity contribution in [2.45, 2.75) is 12.5 Å².